The van der Waals surface area contributed by atoms with Crippen LogP contribution in [-0.4, -0.2) is 18.5 Å². The van der Waals surface area contributed by atoms with E-state index in [0.29, 0.717) is 17.9 Å². The van der Waals surface area contributed by atoms with Gasteiger partial charge in [0.1, 0.15) is 0 Å². The average Bonchev–Trinajstić information content (AvgIpc) is 2.66. The van der Waals surface area contributed by atoms with Crippen LogP contribution in [0.5, 0.6) is 0 Å². The fraction of sp³-hybridized carbons (Fsp3) is 0.0909. The number of rotatable bonds is 5. The van der Waals surface area contributed by atoms with Gasteiger partial charge in [0.05, 0.1) is 6.61 Å². The Morgan fingerprint density at radius 1 is 1.07 bits per heavy atom. The van der Waals surface area contributed by atoms with Gasteiger partial charge in [0.25, 0.3) is 5.91 Å². The van der Waals surface area contributed by atoms with Crippen LogP contribution in [0.15, 0.2) is 71.2 Å². The summed E-state index contributed by atoms with van der Waals surface area (Å²) in [6.07, 6.45) is 3.02. The molecule has 136 valence electrons. The Labute approximate surface area is 166 Å². The summed E-state index contributed by atoms with van der Waals surface area (Å²) in [6, 6.07) is 18.8. The maximum absolute atomic E-state index is 12.8. The first-order valence-corrected chi connectivity index (χ1v) is 9.30. The highest BCUT2D eigenvalue weighted by Crippen LogP contribution is 2.25. The van der Waals surface area contributed by atoms with E-state index < -0.39 is 5.97 Å². The number of halogens is 1. The van der Waals surface area contributed by atoms with Crippen LogP contribution in [0.2, 0.25) is 0 Å². The Morgan fingerprint density at radius 3 is 2.70 bits per heavy atom. The van der Waals surface area contributed by atoms with Crippen molar-refractivity contribution < 1.29 is 14.3 Å². The fourth-order valence-electron chi connectivity index (χ4n) is 2.74. The molecule has 5 heteroatoms. The van der Waals surface area contributed by atoms with Crippen molar-refractivity contribution in [2.24, 2.45) is 0 Å². The van der Waals surface area contributed by atoms with Gasteiger partial charge in [0, 0.05) is 21.8 Å². The van der Waals surface area contributed by atoms with Gasteiger partial charge >= 0.3 is 5.97 Å². The van der Waals surface area contributed by atoms with Crippen LogP contribution in [0.3, 0.4) is 0 Å². The van der Waals surface area contributed by atoms with Gasteiger partial charge in [-0.25, -0.2) is 4.79 Å². The van der Waals surface area contributed by atoms with E-state index in [1.165, 1.54) is 6.08 Å². The molecule has 0 saturated carbocycles. The van der Waals surface area contributed by atoms with E-state index in [-0.39, 0.29) is 5.91 Å². The van der Waals surface area contributed by atoms with Crippen LogP contribution < -0.4 is 5.32 Å². The molecule has 3 aromatic rings. The topological polar surface area (TPSA) is 55.4 Å². The number of fused-ring (bicyclic) bond motifs is 1. The van der Waals surface area contributed by atoms with Gasteiger partial charge in [-0.2, -0.15) is 0 Å². The van der Waals surface area contributed by atoms with E-state index in [0.717, 1.165) is 20.8 Å². The molecule has 0 radical (unpaired) electrons. The van der Waals surface area contributed by atoms with Crippen LogP contribution in [0, 0.1) is 0 Å². The number of hydrogen-bond acceptors (Lipinski definition) is 3. The number of anilines is 1. The third kappa shape index (κ3) is 4.83. The summed E-state index contributed by atoms with van der Waals surface area (Å²) in [5.41, 5.74) is 2.03. The van der Waals surface area contributed by atoms with Gasteiger partial charge in [0.15, 0.2) is 0 Å². The molecular weight excluding hydrogens is 406 g/mol. The molecule has 0 atom stereocenters. The predicted octanol–water partition coefficient (Wildman–Crippen LogP) is 5.43. The van der Waals surface area contributed by atoms with Gasteiger partial charge < -0.3 is 10.1 Å². The van der Waals surface area contributed by atoms with Crippen molar-refractivity contribution in [2.45, 2.75) is 6.92 Å². The second kappa shape index (κ2) is 8.64. The molecule has 4 nitrogen and oxygen atoms in total. The Morgan fingerprint density at radius 2 is 1.89 bits per heavy atom. The summed E-state index contributed by atoms with van der Waals surface area (Å²) >= 11 is 3.46. The highest BCUT2D eigenvalue weighted by Gasteiger charge is 2.11. The molecule has 1 amide bonds. The van der Waals surface area contributed by atoms with E-state index in [9.17, 15) is 9.59 Å². The van der Waals surface area contributed by atoms with Crippen molar-refractivity contribution >= 4 is 50.3 Å². The van der Waals surface area contributed by atoms with Crippen molar-refractivity contribution in [1.29, 1.82) is 0 Å². The lowest BCUT2D eigenvalue weighted by Crippen LogP contribution is -2.12. The van der Waals surface area contributed by atoms with Crippen LogP contribution >= 0.6 is 15.9 Å². The first-order chi connectivity index (χ1) is 13.1. The molecule has 0 saturated heterocycles. The molecule has 0 bridgehead atoms. The van der Waals surface area contributed by atoms with Gasteiger partial charge in [-0.3, -0.25) is 4.79 Å². The number of amides is 1. The molecule has 0 aliphatic rings. The number of carbonyl (C=O) groups excluding carboxylic acids is 2. The lowest BCUT2D eigenvalue weighted by molar-refractivity contribution is -0.137. The number of hydrogen-bond donors (Lipinski definition) is 1. The van der Waals surface area contributed by atoms with E-state index in [2.05, 4.69) is 21.2 Å². The summed E-state index contributed by atoms with van der Waals surface area (Å²) in [7, 11) is 0. The zero-order valence-electron chi connectivity index (χ0n) is 14.7. The first-order valence-electron chi connectivity index (χ1n) is 8.51. The minimum Gasteiger partial charge on any atom is -0.463 e. The second-order valence-electron chi connectivity index (χ2n) is 5.84. The molecule has 3 rings (SSSR count). The molecule has 0 aliphatic heterocycles. The quantitative estimate of drug-likeness (QED) is 0.439. The number of nitrogens with one attached hydrogen (secondary N) is 1. The molecule has 0 heterocycles. The van der Waals surface area contributed by atoms with Crippen molar-refractivity contribution in [3.05, 3.63) is 82.3 Å². The van der Waals surface area contributed by atoms with Gasteiger partial charge in [0.2, 0.25) is 0 Å². The minimum absolute atomic E-state index is 0.195. The molecule has 0 unspecified atom stereocenters. The molecule has 1 N–H and O–H groups in total. The third-order valence-electron chi connectivity index (χ3n) is 3.91. The average molecular weight is 424 g/mol. The number of ether oxygens (including phenoxy) is 1. The Hall–Kier alpha value is -2.92. The molecular formula is C22H18BrNO3. The largest absolute Gasteiger partial charge is 0.463 e. The number of carbonyl (C=O) groups is 2. The zero-order valence-corrected chi connectivity index (χ0v) is 16.3. The van der Waals surface area contributed by atoms with Crippen LogP contribution in [0.25, 0.3) is 16.8 Å². The van der Waals surface area contributed by atoms with Crippen molar-refractivity contribution in [3.63, 3.8) is 0 Å². The fourth-order valence-corrected chi connectivity index (χ4v) is 3.21. The van der Waals surface area contributed by atoms with Crippen LogP contribution in [-0.2, 0) is 9.53 Å². The molecule has 0 fully saturated rings. The van der Waals surface area contributed by atoms with E-state index in [4.69, 9.17) is 4.74 Å². The summed E-state index contributed by atoms with van der Waals surface area (Å²) in [5, 5.41) is 4.80. The summed E-state index contributed by atoms with van der Waals surface area (Å²) in [5.74, 6) is -0.591. The van der Waals surface area contributed by atoms with Crippen molar-refractivity contribution in [1.82, 2.24) is 0 Å². The van der Waals surface area contributed by atoms with Gasteiger partial charge in [-0.15, -0.1) is 0 Å². The Kier molecular flexibility index (Phi) is 6.04. The molecule has 3 aromatic carbocycles. The summed E-state index contributed by atoms with van der Waals surface area (Å²) < 4.78 is 5.71. The van der Waals surface area contributed by atoms with Crippen LogP contribution in [0.4, 0.5) is 5.69 Å². The summed E-state index contributed by atoms with van der Waals surface area (Å²) in [6.45, 7) is 2.09. The predicted molar refractivity (Wildman–Crippen MR) is 112 cm³/mol. The normalized spacial score (nSPS) is 10.9. The Bertz CT molecular complexity index is 1030. The number of benzene rings is 3. The van der Waals surface area contributed by atoms with Crippen molar-refractivity contribution in [2.75, 3.05) is 11.9 Å². The maximum Gasteiger partial charge on any atom is 0.330 e. The molecule has 0 aliphatic carbocycles. The smallest absolute Gasteiger partial charge is 0.330 e. The zero-order chi connectivity index (χ0) is 19.2. The van der Waals surface area contributed by atoms with E-state index in [1.54, 1.807) is 25.1 Å². The SMILES string of the molecule is CCOC(=O)/C=C/c1cccc(NC(=O)c2cc(Br)cc3ccccc23)c1. The second-order valence-corrected chi connectivity index (χ2v) is 6.76. The number of esters is 1. The lowest BCUT2D eigenvalue weighted by Gasteiger charge is -2.10. The molecule has 0 aromatic heterocycles. The van der Waals surface area contributed by atoms with Gasteiger partial charge in [-0.05, 0) is 53.6 Å². The first kappa shape index (κ1) is 18.9. The van der Waals surface area contributed by atoms with Gasteiger partial charge in [-0.1, -0.05) is 52.3 Å². The molecule has 27 heavy (non-hydrogen) atoms. The summed E-state index contributed by atoms with van der Waals surface area (Å²) in [4.78, 5) is 24.3. The standard InChI is InChI=1S/C22H18BrNO3/c1-2-27-21(25)11-10-15-6-5-8-18(12-15)24-22(26)20-14-17(23)13-16-7-3-4-9-19(16)20/h3-14H,2H2,1H3,(H,24,26)/b11-10+. The Balaban J connectivity index is 1.83. The van der Waals surface area contributed by atoms with Crippen molar-refractivity contribution in [3.8, 4) is 0 Å². The highest BCUT2D eigenvalue weighted by molar-refractivity contribution is 9.10. The minimum atomic E-state index is -0.396. The lowest BCUT2D eigenvalue weighted by atomic mass is 10.0. The van der Waals surface area contributed by atoms with Crippen LogP contribution in [0.1, 0.15) is 22.8 Å². The van der Waals surface area contributed by atoms with E-state index in [1.807, 2.05) is 48.5 Å². The molecule has 0 spiro atoms. The maximum atomic E-state index is 12.8. The highest BCUT2D eigenvalue weighted by atomic mass is 79.9. The van der Waals surface area contributed by atoms with E-state index >= 15 is 0 Å². The third-order valence-corrected chi connectivity index (χ3v) is 4.37. The monoisotopic (exact) mass is 423 g/mol.